The third-order valence-corrected chi connectivity index (χ3v) is 2.13. The second kappa shape index (κ2) is 1.55. The average Bonchev–Trinajstić information content (AvgIpc) is 2.68. The van der Waals surface area contributed by atoms with Gasteiger partial charge in [-0.25, -0.2) is 4.79 Å². The van der Waals surface area contributed by atoms with Gasteiger partial charge in [-0.05, 0) is 0 Å². The van der Waals surface area contributed by atoms with Gasteiger partial charge in [0, 0.05) is 0 Å². The summed E-state index contributed by atoms with van der Waals surface area (Å²) >= 11 is 0. The molecule has 2 aliphatic rings. The lowest BCUT2D eigenvalue weighted by Crippen LogP contribution is -2.24. The Morgan fingerprint density at radius 1 is 1.33 bits per heavy atom. The van der Waals surface area contributed by atoms with E-state index in [1.165, 1.54) is 0 Å². The van der Waals surface area contributed by atoms with E-state index in [4.69, 9.17) is 0 Å². The van der Waals surface area contributed by atoms with Crippen LogP contribution >= 0.6 is 0 Å². The first kappa shape index (κ1) is 5.87. The molecule has 0 radical (unpaired) electrons. The van der Waals surface area contributed by atoms with Gasteiger partial charge >= 0.3 is 5.69 Å². The predicted molar refractivity (Wildman–Crippen MR) is 42.4 cm³/mol. The maximum Gasteiger partial charge on any atom is 0.327 e. The number of anilines is 2. The van der Waals surface area contributed by atoms with E-state index < -0.39 is 5.69 Å². The van der Waals surface area contributed by atoms with Gasteiger partial charge in [-0.1, -0.05) is 0 Å². The van der Waals surface area contributed by atoms with E-state index in [1.54, 1.807) is 0 Å². The number of rotatable bonds is 0. The molecule has 6 heteroatoms. The van der Waals surface area contributed by atoms with E-state index in [0.29, 0.717) is 11.5 Å². The lowest BCUT2D eigenvalue weighted by molar-refractivity contribution is 1.04. The van der Waals surface area contributed by atoms with Crippen LogP contribution in [-0.2, 0) is 0 Å². The van der Waals surface area contributed by atoms with Crippen LogP contribution in [0.2, 0.25) is 0 Å². The molecular weight excluding hydrogens is 160 g/mol. The van der Waals surface area contributed by atoms with Crippen molar-refractivity contribution in [2.75, 3.05) is 16.8 Å². The van der Waals surface area contributed by atoms with E-state index in [2.05, 4.69) is 15.3 Å². The molecule has 62 valence electrons. The molecule has 0 aromatic carbocycles. The Balaban J connectivity index is 2.38. The Hall–Kier alpha value is -1.72. The van der Waals surface area contributed by atoms with Gasteiger partial charge < -0.3 is 10.2 Å². The molecule has 2 aliphatic heterocycles. The molecule has 0 spiro atoms. The first-order chi connectivity index (χ1) is 5.75. The van der Waals surface area contributed by atoms with Crippen LogP contribution in [0.5, 0.6) is 0 Å². The van der Waals surface area contributed by atoms with E-state index in [0.717, 1.165) is 6.54 Å². The minimum absolute atomic E-state index is 0.221. The largest absolute Gasteiger partial charge is 0.356 e. The van der Waals surface area contributed by atoms with Crippen molar-refractivity contribution in [1.29, 1.82) is 0 Å². The molecule has 12 heavy (non-hydrogen) atoms. The van der Waals surface area contributed by atoms with Crippen LogP contribution in [0.25, 0.3) is 0 Å². The van der Waals surface area contributed by atoms with Crippen LogP contribution in [0, 0.1) is 0 Å². The highest BCUT2D eigenvalue weighted by Crippen LogP contribution is 2.36. The van der Waals surface area contributed by atoms with Crippen LogP contribution in [-0.4, -0.2) is 22.7 Å². The lowest BCUT2D eigenvalue weighted by atomic mass is 10.4. The van der Waals surface area contributed by atoms with E-state index >= 15 is 0 Å². The molecule has 1 aromatic rings. The Morgan fingerprint density at radius 2 is 2.17 bits per heavy atom. The Kier molecular flexibility index (Phi) is 0.757. The molecule has 0 aliphatic carbocycles. The number of hydrogen-bond acceptors (Lipinski definition) is 4. The van der Waals surface area contributed by atoms with Crippen molar-refractivity contribution in [2.24, 2.45) is 0 Å². The summed E-state index contributed by atoms with van der Waals surface area (Å²) in [7, 11) is 0. The monoisotopic (exact) mass is 166 g/mol. The van der Waals surface area contributed by atoms with Crippen LogP contribution in [0.3, 0.4) is 0 Å². The molecule has 0 saturated carbocycles. The zero-order valence-electron chi connectivity index (χ0n) is 6.05. The molecule has 1 aromatic heterocycles. The summed E-state index contributed by atoms with van der Waals surface area (Å²) in [6, 6.07) is 0. The van der Waals surface area contributed by atoms with Crippen molar-refractivity contribution in [1.82, 2.24) is 9.97 Å². The maximum absolute atomic E-state index is 11.1. The first-order valence-corrected chi connectivity index (χ1v) is 3.65. The van der Waals surface area contributed by atoms with E-state index in [1.807, 2.05) is 4.90 Å². The van der Waals surface area contributed by atoms with Crippen LogP contribution < -0.4 is 21.5 Å². The summed E-state index contributed by atoms with van der Waals surface area (Å²) in [5, 5.41) is 2.98. The highest BCUT2D eigenvalue weighted by Gasteiger charge is 2.43. The number of nitrogens with one attached hydrogen (secondary N) is 3. The molecule has 0 amide bonds. The fourth-order valence-corrected chi connectivity index (χ4v) is 1.50. The van der Waals surface area contributed by atoms with Crippen molar-refractivity contribution >= 4 is 11.5 Å². The molecule has 3 rings (SSSR count). The standard InChI is InChI=1S/C6H6N4O2/c11-5-3-4(8-6(12)9-5)10-1-2(10)7-3/h2,7H,1H2,(H2,8,9,11,12). The minimum atomic E-state index is -0.451. The molecule has 3 N–H and O–H groups in total. The Morgan fingerprint density at radius 3 is 3.00 bits per heavy atom. The topological polar surface area (TPSA) is 80.8 Å². The molecule has 1 fully saturated rings. The first-order valence-electron chi connectivity index (χ1n) is 3.65. The second-order valence-corrected chi connectivity index (χ2v) is 2.94. The third kappa shape index (κ3) is 0.549. The zero-order chi connectivity index (χ0) is 8.29. The van der Waals surface area contributed by atoms with Gasteiger partial charge in [-0.2, -0.15) is 0 Å². The van der Waals surface area contributed by atoms with Gasteiger partial charge in [-0.15, -0.1) is 0 Å². The van der Waals surface area contributed by atoms with Crippen LogP contribution in [0.4, 0.5) is 11.5 Å². The number of aromatic nitrogens is 2. The lowest BCUT2D eigenvalue weighted by Gasteiger charge is -1.99. The van der Waals surface area contributed by atoms with Crippen LogP contribution in [0.15, 0.2) is 9.59 Å². The molecule has 1 saturated heterocycles. The second-order valence-electron chi connectivity index (χ2n) is 2.94. The van der Waals surface area contributed by atoms with Crippen molar-refractivity contribution in [3.63, 3.8) is 0 Å². The molecular formula is C6H6N4O2. The molecule has 1 atom stereocenters. The van der Waals surface area contributed by atoms with E-state index in [9.17, 15) is 9.59 Å². The van der Waals surface area contributed by atoms with Crippen molar-refractivity contribution in [3.05, 3.63) is 20.8 Å². The normalized spacial score (nSPS) is 23.0. The van der Waals surface area contributed by atoms with Gasteiger partial charge in [-0.3, -0.25) is 14.8 Å². The summed E-state index contributed by atoms with van der Waals surface area (Å²) in [6.07, 6.45) is 0.221. The van der Waals surface area contributed by atoms with Gasteiger partial charge in [0.2, 0.25) is 0 Å². The molecule has 3 heterocycles. The van der Waals surface area contributed by atoms with Gasteiger partial charge in [0.25, 0.3) is 5.56 Å². The number of nitrogens with zero attached hydrogens (tertiary/aromatic N) is 1. The number of H-pyrrole nitrogens is 2. The summed E-state index contributed by atoms with van der Waals surface area (Å²) in [5.74, 6) is 0.619. The quantitative estimate of drug-likeness (QED) is 0.415. The SMILES string of the molecule is O=c1[nH]c2c(c(=O)[nH]1)NC1CN21. The average molecular weight is 166 g/mol. The number of aromatic amines is 2. The molecule has 0 bridgehead atoms. The van der Waals surface area contributed by atoms with Gasteiger partial charge in [0.15, 0.2) is 0 Å². The molecule has 1 unspecified atom stereocenters. The summed E-state index contributed by atoms with van der Waals surface area (Å²) in [4.78, 5) is 28.6. The molecule has 6 nitrogen and oxygen atoms in total. The third-order valence-electron chi connectivity index (χ3n) is 2.13. The van der Waals surface area contributed by atoms with Crippen LogP contribution in [0.1, 0.15) is 0 Å². The summed E-state index contributed by atoms with van der Waals surface area (Å²) in [5.41, 5.74) is -0.320. The van der Waals surface area contributed by atoms with Crippen molar-refractivity contribution in [2.45, 2.75) is 6.17 Å². The highest BCUT2D eigenvalue weighted by atomic mass is 16.2. The van der Waals surface area contributed by atoms with Gasteiger partial charge in [0.05, 0.1) is 6.54 Å². The highest BCUT2D eigenvalue weighted by molar-refractivity contribution is 5.76. The minimum Gasteiger partial charge on any atom is -0.356 e. The number of hydrogen-bond donors (Lipinski definition) is 3. The van der Waals surface area contributed by atoms with Gasteiger partial charge in [0.1, 0.15) is 17.7 Å². The predicted octanol–water partition coefficient (Wildman–Crippen LogP) is -1.37. The Labute approximate surface area is 66.2 Å². The summed E-state index contributed by atoms with van der Waals surface area (Å²) in [6.45, 7) is 0.867. The fourth-order valence-electron chi connectivity index (χ4n) is 1.50. The zero-order valence-corrected chi connectivity index (χ0v) is 6.05. The van der Waals surface area contributed by atoms with Crippen molar-refractivity contribution in [3.8, 4) is 0 Å². The number of fused-ring (bicyclic) bond motifs is 3. The maximum atomic E-state index is 11.1. The van der Waals surface area contributed by atoms with E-state index in [-0.39, 0.29) is 11.7 Å². The van der Waals surface area contributed by atoms with Crippen molar-refractivity contribution < 1.29 is 0 Å². The smallest absolute Gasteiger partial charge is 0.327 e. The summed E-state index contributed by atoms with van der Waals surface area (Å²) < 4.78 is 0. The fraction of sp³-hybridized carbons (Fsp3) is 0.333. The Bertz CT molecular complexity index is 459.